The highest BCUT2D eigenvalue weighted by atomic mass is 16.5. The molecule has 4 aromatic rings. The molecular formula is C20H15N3O4. The number of ether oxygens (including phenoxy) is 1. The van der Waals surface area contributed by atoms with E-state index in [1.54, 1.807) is 6.20 Å². The molecule has 2 heterocycles. The van der Waals surface area contributed by atoms with Crippen LogP contribution in [0.5, 0.6) is 0 Å². The fraction of sp³-hybridized carbons (Fsp3) is 0.100. The first-order valence-corrected chi connectivity index (χ1v) is 8.27. The van der Waals surface area contributed by atoms with Crippen molar-refractivity contribution in [2.45, 2.75) is 6.42 Å². The van der Waals surface area contributed by atoms with Gasteiger partial charge in [-0.1, -0.05) is 18.2 Å². The van der Waals surface area contributed by atoms with E-state index in [4.69, 9.17) is 0 Å². The van der Waals surface area contributed by atoms with Gasteiger partial charge < -0.3 is 14.7 Å². The molecule has 0 saturated heterocycles. The normalized spacial score (nSPS) is 11.0. The van der Waals surface area contributed by atoms with E-state index in [-0.39, 0.29) is 29.2 Å². The van der Waals surface area contributed by atoms with Crippen molar-refractivity contribution in [3.05, 3.63) is 76.0 Å². The topological polar surface area (TPSA) is 105 Å². The summed E-state index contributed by atoms with van der Waals surface area (Å²) >= 11 is 0. The predicted octanol–water partition coefficient (Wildman–Crippen LogP) is 2.62. The van der Waals surface area contributed by atoms with Crippen molar-refractivity contribution in [3.8, 4) is 0 Å². The number of aromatic nitrogens is 3. The number of hydrogen-bond acceptors (Lipinski definition) is 5. The van der Waals surface area contributed by atoms with Crippen LogP contribution in [0.2, 0.25) is 0 Å². The Kier molecular flexibility index (Phi) is 4.04. The van der Waals surface area contributed by atoms with E-state index < -0.39 is 5.97 Å². The van der Waals surface area contributed by atoms with Gasteiger partial charge in [-0.3, -0.25) is 9.59 Å². The SMILES string of the molecule is COC(=O)c1ccc2c(=O)[nH]c(CC(=O)c3c[nH]c4ccccc34)nc2c1. The minimum atomic E-state index is -0.518. The van der Waals surface area contributed by atoms with E-state index in [1.165, 1.54) is 25.3 Å². The molecule has 0 amide bonds. The van der Waals surface area contributed by atoms with Gasteiger partial charge in [-0.25, -0.2) is 9.78 Å². The fourth-order valence-electron chi connectivity index (χ4n) is 3.07. The molecule has 27 heavy (non-hydrogen) atoms. The number of methoxy groups -OCH3 is 1. The minimum absolute atomic E-state index is 0.0600. The molecule has 2 aromatic carbocycles. The van der Waals surface area contributed by atoms with Gasteiger partial charge in [0.15, 0.2) is 5.78 Å². The number of aromatic amines is 2. The van der Waals surface area contributed by atoms with Crippen LogP contribution in [0.4, 0.5) is 0 Å². The molecule has 4 rings (SSSR count). The third-order valence-corrected chi connectivity index (χ3v) is 4.39. The molecule has 0 atom stereocenters. The lowest BCUT2D eigenvalue weighted by atomic mass is 10.1. The molecule has 2 aromatic heterocycles. The van der Waals surface area contributed by atoms with E-state index in [9.17, 15) is 14.4 Å². The number of H-pyrrole nitrogens is 2. The Labute approximate surface area is 153 Å². The molecule has 0 fully saturated rings. The number of nitrogens with one attached hydrogen (secondary N) is 2. The predicted molar refractivity (Wildman–Crippen MR) is 100 cm³/mol. The zero-order valence-electron chi connectivity index (χ0n) is 14.4. The summed E-state index contributed by atoms with van der Waals surface area (Å²) in [5, 5.41) is 1.16. The molecule has 2 N–H and O–H groups in total. The Balaban J connectivity index is 1.72. The van der Waals surface area contributed by atoms with E-state index in [0.29, 0.717) is 16.5 Å². The van der Waals surface area contributed by atoms with Crippen LogP contribution in [0.15, 0.2) is 53.5 Å². The maximum Gasteiger partial charge on any atom is 0.337 e. The summed E-state index contributed by atoms with van der Waals surface area (Å²) in [7, 11) is 1.28. The zero-order chi connectivity index (χ0) is 19.0. The molecule has 0 bridgehead atoms. The molecule has 0 aliphatic carbocycles. The molecule has 134 valence electrons. The lowest BCUT2D eigenvalue weighted by Gasteiger charge is -2.04. The third kappa shape index (κ3) is 2.99. The number of Topliss-reactive ketones (excluding diaryl/α,β-unsaturated/α-hetero) is 1. The molecule has 0 aliphatic heterocycles. The van der Waals surface area contributed by atoms with Gasteiger partial charge in [-0.15, -0.1) is 0 Å². The maximum atomic E-state index is 12.7. The second-order valence-corrected chi connectivity index (χ2v) is 6.08. The lowest BCUT2D eigenvalue weighted by Crippen LogP contribution is -2.15. The van der Waals surface area contributed by atoms with Crippen molar-refractivity contribution in [2.24, 2.45) is 0 Å². The van der Waals surface area contributed by atoms with Crippen molar-refractivity contribution < 1.29 is 14.3 Å². The van der Waals surface area contributed by atoms with Crippen LogP contribution >= 0.6 is 0 Å². The van der Waals surface area contributed by atoms with Crippen LogP contribution in [0.3, 0.4) is 0 Å². The maximum absolute atomic E-state index is 12.7. The molecule has 0 spiro atoms. The van der Waals surface area contributed by atoms with Crippen LogP contribution in [0, 0.1) is 0 Å². The Bertz CT molecular complexity index is 1250. The van der Waals surface area contributed by atoms with Gasteiger partial charge in [0, 0.05) is 22.7 Å². The highest BCUT2D eigenvalue weighted by molar-refractivity contribution is 6.08. The van der Waals surface area contributed by atoms with Gasteiger partial charge in [0.05, 0.1) is 30.0 Å². The first kappa shape index (κ1) is 16.7. The number of rotatable bonds is 4. The van der Waals surface area contributed by atoms with E-state index >= 15 is 0 Å². The monoisotopic (exact) mass is 361 g/mol. The summed E-state index contributed by atoms with van der Waals surface area (Å²) in [4.78, 5) is 46.7. The Morgan fingerprint density at radius 1 is 1.11 bits per heavy atom. The van der Waals surface area contributed by atoms with Crippen LogP contribution in [0.1, 0.15) is 26.5 Å². The average molecular weight is 361 g/mol. The molecule has 0 aliphatic rings. The number of esters is 1. The molecule has 7 nitrogen and oxygen atoms in total. The van der Waals surface area contributed by atoms with Gasteiger partial charge in [-0.05, 0) is 24.3 Å². The van der Waals surface area contributed by atoms with Crippen LogP contribution < -0.4 is 5.56 Å². The van der Waals surface area contributed by atoms with E-state index in [1.807, 2.05) is 24.3 Å². The summed E-state index contributed by atoms with van der Waals surface area (Å²) in [6.45, 7) is 0. The Morgan fingerprint density at radius 3 is 2.74 bits per heavy atom. The van der Waals surface area contributed by atoms with Crippen molar-refractivity contribution >= 4 is 33.6 Å². The standard InChI is InChI=1S/C20H15N3O4/c1-27-20(26)11-6-7-13-16(8-11)22-18(23-19(13)25)9-17(24)14-10-21-15-5-3-2-4-12(14)15/h2-8,10,21H,9H2,1H3,(H,22,23,25). The summed E-state index contributed by atoms with van der Waals surface area (Å²) < 4.78 is 4.69. The van der Waals surface area contributed by atoms with Crippen molar-refractivity contribution in [2.75, 3.05) is 7.11 Å². The Hall–Kier alpha value is -3.74. The average Bonchev–Trinajstić information content (AvgIpc) is 3.11. The highest BCUT2D eigenvalue weighted by Crippen LogP contribution is 2.19. The first-order valence-electron chi connectivity index (χ1n) is 8.27. The number of ketones is 1. The number of fused-ring (bicyclic) bond motifs is 2. The molecule has 0 unspecified atom stereocenters. The van der Waals surface area contributed by atoms with Crippen LogP contribution in [0.25, 0.3) is 21.8 Å². The van der Waals surface area contributed by atoms with Crippen LogP contribution in [-0.2, 0) is 11.2 Å². The second-order valence-electron chi connectivity index (χ2n) is 6.08. The molecular weight excluding hydrogens is 346 g/mol. The number of benzene rings is 2. The fourth-order valence-corrected chi connectivity index (χ4v) is 3.07. The van der Waals surface area contributed by atoms with E-state index in [2.05, 4.69) is 19.7 Å². The van der Waals surface area contributed by atoms with Crippen molar-refractivity contribution in [3.63, 3.8) is 0 Å². The van der Waals surface area contributed by atoms with Crippen LogP contribution in [-0.4, -0.2) is 33.8 Å². The summed E-state index contributed by atoms with van der Waals surface area (Å²) in [6.07, 6.45) is 1.59. The minimum Gasteiger partial charge on any atom is -0.465 e. The molecule has 7 heteroatoms. The van der Waals surface area contributed by atoms with Gasteiger partial charge in [0.25, 0.3) is 5.56 Å². The van der Waals surface area contributed by atoms with Gasteiger partial charge in [-0.2, -0.15) is 0 Å². The quantitative estimate of drug-likeness (QED) is 0.429. The molecule has 0 saturated carbocycles. The number of nitrogens with zero attached hydrogens (tertiary/aromatic N) is 1. The van der Waals surface area contributed by atoms with Gasteiger partial charge >= 0.3 is 5.97 Å². The highest BCUT2D eigenvalue weighted by Gasteiger charge is 2.15. The number of carbonyl (C=O) groups excluding carboxylic acids is 2. The first-order chi connectivity index (χ1) is 13.1. The number of carbonyl (C=O) groups is 2. The third-order valence-electron chi connectivity index (χ3n) is 4.39. The largest absolute Gasteiger partial charge is 0.465 e. The van der Waals surface area contributed by atoms with Crippen molar-refractivity contribution in [1.29, 1.82) is 0 Å². The smallest absolute Gasteiger partial charge is 0.337 e. The number of para-hydroxylation sites is 1. The molecule has 0 radical (unpaired) electrons. The van der Waals surface area contributed by atoms with Gasteiger partial charge in [0.1, 0.15) is 5.82 Å². The second kappa shape index (κ2) is 6.53. The summed E-state index contributed by atoms with van der Waals surface area (Å²) in [5.41, 5.74) is 1.67. The summed E-state index contributed by atoms with van der Waals surface area (Å²) in [5.74, 6) is -0.445. The lowest BCUT2D eigenvalue weighted by molar-refractivity contribution is 0.0600. The zero-order valence-corrected chi connectivity index (χ0v) is 14.4. The van der Waals surface area contributed by atoms with Gasteiger partial charge in [0.2, 0.25) is 0 Å². The Morgan fingerprint density at radius 2 is 1.93 bits per heavy atom. The summed E-state index contributed by atoms with van der Waals surface area (Å²) in [6, 6.07) is 12.0. The van der Waals surface area contributed by atoms with E-state index in [0.717, 1.165) is 10.9 Å². The van der Waals surface area contributed by atoms with Crippen molar-refractivity contribution in [1.82, 2.24) is 15.0 Å². The number of hydrogen-bond donors (Lipinski definition) is 2.